The summed E-state index contributed by atoms with van der Waals surface area (Å²) in [6.45, 7) is 12.0. The van der Waals surface area contributed by atoms with Crippen molar-refractivity contribution in [3.63, 3.8) is 0 Å². The standard InChI is InChI=1S/C24H40N4O2.HI/c1-5-30-22-8-6-20(7-9-22)24(12-16-29-17-13-24)18-26-23(25-4)27-21-10-14-28(15-11-21)19(2)3;/h6-9,19,21H,5,10-18H2,1-4H3,(H2,25,26,27);1H. The number of piperidine rings is 1. The van der Waals surface area contributed by atoms with Crippen LogP contribution in [0.2, 0.25) is 0 Å². The first-order chi connectivity index (χ1) is 14.6. The van der Waals surface area contributed by atoms with Gasteiger partial charge >= 0.3 is 0 Å². The highest BCUT2D eigenvalue weighted by molar-refractivity contribution is 14.0. The topological polar surface area (TPSA) is 58.1 Å². The molecule has 2 saturated heterocycles. The van der Waals surface area contributed by atoms with Crippen LogP contribution in [0.15, 0.2) is 29.3 Å². The van der Waals surface area contributed by atoms with Crippen molar-refractivity contribution in [3.8, 4) is 5.75 Å². The molecular weight excluding hydrogens is 503 g/mol. The van der Waals surface area contributed by atoms with Gasteiger partial charge in [0.25, 0.3) is 0 Å². The molecule has 1 aromatic rings. The Morgan fingerprint density at radius 1 is 1.19 bits per heavy atom. The van der Waals surface area contributed by atoms with Gasteiger partial charge < -0.3 is 25.0 Å². The highest BCUT2D eigenvalue weighted by Gasteiger charge is 2.35. The van der Waals surface area contributed by atoms with E-state index in [1.807, 2.05) is 14.0 Å². The summed E-state index contributed by atoms with van der Waals surface area (Å²) in [4.78, 5) is 7.07. The number of ether oxygens (including phenoxy) is 2. The molecule has 7 heteroatoms. The van der Waals surface area contributed by atoms with Crippen LogP contribution in [-0.2, 0) is 10.2 Å². The molecule has 0 aromatic heterocycles. The first-order valence-corrected chi connectivity index (χ1v) is 11.6. The van der Waals surface area contributed by atoms with Gasteiger partial charge in [-0.1, -0.05) is 12.1 Å². The first kappa shape index (κ1) is 26.2. The molecule has 2 N–H and O–H groups in total. The molecule has 0 atom stereocenters. The van der Waals surface area contributed by atoms with Gasteiger partial charge in [0, 0.05) is 57.4 Å². The minimum absolute atomic E-state index is 0. The van der Waals surface area contributed by atoms with Gasteiger partial charge in [-0.15, -0.1) is 24.0 Å². The van der Waals surface area contributed by atoms with Crippen LogP contribution in [0.1, 0.15) is 52.0 Å². The third-order valence-corrected chi connectivity index (χ3v) is 6.65. The average molecular weight is 545 g/mol. The maximum atomic E-state index is 5.69. The van der Waals surface area contributed by atoms with E-state index in [2.05, 4.69) is 58.6 Å². The predicted molar refractivity (Wildman–Crippen MR) is 139 cm³/mol. The Balaban J connectivity index is 0.00000341. The van der Waals surface area contributed by atoms with Gasteiger partial charge in [-0.3, -0.25) is 4.99 Å². The third-order valence-electron chi connectivity index (χ3n) is 6.65. The Morgan fingerprint density at radius 2 is 1.84 bits per heavy atom. The average Bonchev–Trinajstić information content (AvgIpc) is 2.78. The molecule has 2 heterocycles. The van der Waals surface area contributed by atoms with Crippen LogP contribution in [0.25, 0.3) is 0 Å². The third kappa shape index (κ3) is 7.22. The highest BCUT2D eigenvalue weighted by Crippen LogP contribution is 2.35. The van der Waals surface area contributed by atoms with Crippen molar-refractivity contribution in [1.82, 2.24) is 15.5 Å². The van der Waals surface area contributed by atoms with E-state index in [1.54, 1.807) is 0 Å². The summed E-state index contributed by atoms with van der Waals surface area (Å²) in [6, 6.07) is 9.73. The molecular formula is C24H41IN4O2. The van der Waals surface area contributed by atoms with Gasteiger partial charge in [-0.25, -0.2) is 0 Å². The van der Waals surface area contributed by atoms with E-state index in [1.165, 1.54) is 5.56 Å². The van der Waals surface area contributed by atoms with E-state index in [9.17, 15) is 0 Å². The molecule has 0 saturated carbocycles. The van der Waals surface area contributed by atoms with Gasteiger partial charge in [0.2, 0.25) is 0 Å². The molecule has 2 fully saturated rings. The van der Waals surface area contributed by atoms with E-state index in [4.69, 9.17) is 9.47 Å². The molecule has 0 bridgehead atoms. The number of hydrogen-bond acceptors (Lipinski definition) is 4. The Bertz CT molecular complexity index is 667. The maximum Gasteiger partial charge on any atom is 0.191 e. The molecule has 176 valence electrons. The summed E-state index contributed by atoms with van der Waals surface area (Å²) in [5.74, 6) is 1.84. The lowest BCUT2D eigenvalue weighted by Crippen LogP contribution is -2.52. The van der Waals surface area contributed by atoms with Crippen LogP contribution < -0.4 is 15.4 Å². The zero-order valence-corrected chi connectivity index (χ0v) is 22.0. The van der Waals surface area contributed by atoms with E-state index in [0.717, 1.165) is 70.2 Å². The molecule has 1 aromatic carbocycles. The number of aliphatic imine (C=N–C) groups is 1. The molecule has 0 radical (unpaired) electrons. The summed E-state index contributed by atoms with van der Waals surface area (Å²) in [5, 5.41) is 7.30. The Labute approximate surface area is 205 Å². The second-order valence-electron chi connectivity index (χ2n) is 8.82. The van der Waals surface area contributed by atoms with E-state index in [-0.39, 0.29) is 29.4 Å². The summed E-state index contributed by atoms with van der Waals surface area (Å²) in [5.41, 5.74) is 1.41. The largest absolute Gasteiger partial charge is 0.494 e. The van der Waals surface area contributed by atoms with Crippen molar-refractivity contribution in [2.24, 2.45) is 4.99 Å². The summed E-state index contributed by atoms with van der Waals surface area (Å²) < 4.78 is 11.3. The molecule has 2 aliphatic heterocycles. The number of halogens is 1. The minimum Gasteiger partial charge on any atom is -0.494 e. The fraction of sp³-hybridized carbons (Fsp3) is 0.708. The van der Waals surface area contributed by atoms with Crippen molar-refractivity contribution in [2.75, 3.05) is 46.5 Å². The fourth-order valence-corrected chi connectivity index (χ4v) is 4.60. The summed E-state index contributed by atoms with van der Waals surface area (Å²) >= 11 is 0. The fourth-order valence-electron chi connectivity index (χ4n) is 4.60. The van der Waals surface area contributed by atoms with Crippen LogP contribution >= 0.6 is 24.0 Å². The van der Waals surface area contributed by atoms with Gasteiger partial charge in [-0.2, -0.15) is 0 Å². The van der Waals surface area contributed by atoms with Crippen molar-refractivity contribution in [3.05, 3.63) is 29.8 Å². The Kier molecular flexibility index (Phi) is 10.9. The highest BCUT2D eigenvalue weighted by atomic mass is 127. The monoisotopic (exact) mass is 544 g/mol. The number of benzene rings is 1. The van der Waals surface area contributed by atoms with Crippen molar-refractivity contribution >= 4 is 29.9 Å². The lowest BCUT2D eigenvalue weighted by atomic mass is 9.74. The molecule has 0 spiro atoms. The smallest absolute Gasteiger partial charge is 0.191 e. The van der Waals surface area contributed by atoms with Crippen molar-refractivity contribution < 1.29 is 9.47 Å². The van der Waals surface area contributed by atoms with Gasteiger partial charge in [0.1, 0.15) is 5.75 Å². The van der Waals surface area contributed by atoms with Gasteiger partial charge in [-0.05, 0) is 64.2 Å². The Hall–Kier alpha value is -1.06. The molecule has 2 aliphatic rings. The number of likely N-dealkylation sites (tertiary alicyclic amines) is 1. The quantitative estimate of drug-likeness (QED) is 0.311. The van der Waals surface area contributed by atoms with Gasteiger partial charge in [0.15, 0.2) is 5.96 Å². The lowest BCUT2D eigenvalue weighted by Gasteiger charge is -2.39. The molecule has 0 unspecified atom stereocenters. The number of guanidine groups is 1. The van der Waals surface area contributed by atoms with Crippen molar-refractivity contribution in [1.29, 1.82) is 0 Å². The molecule has 0 amide bonds. The molecule has 0 aliphatic carbocycles. The van der Waals surface area contributed by atoms with Crippen LogP contribution in [0.5, 0.6) is 5.75 Å². The van der Waals surface area contributed by atoms with Crippen LogP contribution in [-0.4, -0.2) is 69.4 Å². The number of hydrogen-bond donors (Lipinski definition) is 2. The number of nitrogens with one attached hydrogen (secondary N) is 2. The minimum atomic E-state index is 0. The predicted octanol–water partition coefficient (Wildman–Crippen LogP) is 3.79. The second kappa shape index (κ2) is 12.8. The Morgan fingerprint density at radius 3 is 2.39 bits per heavy atom. The SMILES string of the molecule is CCOc1ccc(C2(CNC(=NC)NC3CCN(C(C)C)CC3)CCOCC2)cc1.I. The summed E-state index contributed by atoms with van der Waals surface area (Å²) in [6.07, 6.45) is 4.35. The normalized spacial score (nSPS) is 20.2. The van der Waals surface area contributed by atoms with E-state index < -0.39 is 0 Å². The summed E-state index contributed by atoms with van der Waals surface area (Å²) in [7, 11) is 1.87. The molecule has 3 rings (SSSR count). The first-order valence-electron chi connectivity index (χ1n) is 11.6. The maximum absolute atomic E-state index is 5.69. The van der Waals surface area contributed by atoms with Crippen molar-refractivity contribution in [2.45, 2.75) is 64.0 Å². The van der Waals surface area contributed by atoms with Crippen LogP contribution in [0, 0.1) is 0 Å². The number of rotatable bonds is 7. The zero-order chi connectivity index (χ0) is 21.4. The molecule has 6 nitrogen and oxygen atoms in total. The van der Waals surface area contributed by atoms with E-state index >= 15 is 0 Å². The van der Waals surface area contributed by atoms with Gasteiger partial charge in [0.05, 0.1) is 6.61 Å². The van der Waals surface area contributed by atoms with E-state index in [0.29, 0.717) is 18.7 Å². The number of nitrogens with zero attached hydrogens (tertiary/aromatic N) is 2. The molecule has 31 heavy (non-hydrogen) atoms. The van der Waals surface area contributed by atoms with Crippen LogP contribution in [0.4, 0.5) is 0 Å². The lowest BCUT2D eigenvalue weighted by molar-refractivity contribution is 0.0513. The zero-order valence-electron chi connectivity index (χ0n) is 19.7. The second-order valence-corrected chi connectivity index (χ2v) is 8.82. The van der Waals surface area contributed by atoms with Crippen LogP contribution in [0.3, 0.4) is 0 Å².